The van der Waals surface area contributed by atoms with Crippen LogP contribution in [0.2, 0.25) is 0 Å². The summed E-state index contributed by atoms with van der Waals surface area (Å²) >= 11 is 3.14. The predicted molar refractivity (Wildman–Crippen MR) is 83.1 cm³/mol. The van der Waals surface area contributed by atoms with E-state index >= 15 is 0 Å². The summed E-state index contributed by atoms with van der Waals surface area (Å²) in [5.74, 6) is -0.755. The molecule has 0 saturated carbocycles. The number of phenols is 1. The van der Waals surface area contributed by atoms with Crippen LogP contribution in [0.25, 0.3) is 0 Å². The first kappa shape index (κ1) is 16.6. The first-order valence-corrected chi connectivity index (χ1v) is 7.83. The number of halogens is 1. The summed E-state index contributed by atoms with van der Waals surface area (Å²) in [6.07, 6.45) is 3.11. The molecule has 0 aromatic heterocycles. The third-order valence-corrected chi connectivity index (χ3v) is 4.12. The van der Waals surface area contributed by atoms with Crippen molar-refractivity contribution < 1.29 is 24.2 Å². The molecule has 7 heteroatoms. The van der Waals surface area contributed by atoms with Crippen molar-refractivity contribution in [3.05, 3.63) is 22.2 Å². The molecule has 0 atom stereocenters. The zero-order valence-corrected chi connectivity index (χ0v) is 13.9. The molecule has 0 aliphatic carbocycles. The first-order valence-electron chi connectivity index (χ1n) is 7.04. The van der Waals surface area contributed by atoms with Gasteiger partial charge in [-0.1, -0.05) is 0 Å². The Balaban J connectivity index is 1.97. The van der Waals surface area contributed by atoms with Crippen LogP contribution in [-0.2, 0) is 9.53 Å². The molecule has 0 radical (unpaired) electrons. The van der Waals surface area contributed by atoms with E-state index in [1.807, 2.05) is 0 Å². The molecule has 6 nitrogen and oxygen atoms in total. The lowest BCUT2D eigenvalue weighted by atomic mass is 10.1. The Labute approximate surface area is 137 Å². The fourth-order valence-electron chi connectivity index (χ4n) is 2.29. The second kappa shape index (κ2) is 7.49. The van der Waals surface area contributed by atoms with Gasteiger partial charge in [-0.05, 0) is 47.3 Å². The smallest absolute Gasteiger partial charge is 0.338 e. The van der Waals surface area contributed by atoms with Crippen LogP contribution < -0.4 is 4.74 Å². The Bertz CT molecular complexity index is 569. The normalized spacial score (nSPS) is 14.5. The fourth-order valence-corrected chi connectivity index (χ4v) is 2.73. The van der Waals surface area contributed by atoms with E-state index in [0.717, 1.165) is 32.4 Å². The number of ether oxygens (including phenoxy) is 2. The van der Waals surface area contributed by atoms with Gasteiger partial charge in [0.15, 0.2) is 18.1 Å². The van der Waals surface area contributed by atoms with Gasteiger partial charge in [0.25, 0.3) is 5.91 Å². The van der Waals surface area contributed by atoms with Crippen molar-refractivity contribution in [1.82, 2.24) is 4.90 Å². The number of hydrogen-bond acceptors (Lipinski definition) is 5. The third-order valence-electron chi connectivity index (χ3n) is 3.52. The molecule has 0 bridgehead atoms. The average Bonchev–Trinajstić information content (AvgIpc) is 2.55. The Kier molecular flexibility index (Phi) is 5.65. The summed E-state index contributed by atoms with van der Waals surface area (Å²) in [4.78, 5) is 25.7. The van der Waals surface area contributed by atoms with Gasteiger partial charge in [-0.25, -0.2) is 4.79 Å². The number of methoxy groups -OCH3 is 1. The van der Waals surface area contributed by atoms with Crippen molar-refractivity contribution in [2.75, 3.05) is 26.8 Å². The molecule has 0 spiro atoms. The Morgan fingerprint density at radius 1 is 1.27 bits per heavy atom. The lowest BCUT2D eigenvalue weighted by Gasteiger charge is -2.26. The predicted octanol–water partition coefficient (Wildman–Crippen LogP) is 2.33. The van der Waals surface area contributed by atoms with E-state index in [1.54, 1.807) is 4.90 Å². The minimum absolute atomic E-state index is 0.0940. The second-order valence-corrected chi connectivity index (χ2v) is 5.88. The zero-order chi connectivity index (χ0) is 16.1. The van der Waals surface area contributed by atoms with Crippen LogP contribution in [0.5, 0.6) is 11.5 Å². The molecule has 120 valence electrons. The molecular weight excluding hydrogens is 354 g/mol. The van der Waals surface area contributed by atoms with Gasteiger partial charge in [0.1, 0.15) is 0 Å². The van der Waals surface area contributed by atoms with Crippen molar-refractivity contribution in [2.45, 2.75) is 19.3 Å². The number of piperidine rings is 1. The van der Waals surface area contributed by atoms with Gasteiger partial charge in [0, 0.05) is 13.1 Å². The Morgan fingerprint density at radius 3 is 2.59 bits per heavy atom. The van der Waals surface area contributed by atoms with Crippen molar-refractivity contribution in [2.24, 2.45) is 0 Å². The number of esters is 1. The van der Waals surface area contributed by atoms with Crippen LogP contribution in [0.1, 0.15) is 29.6 Å². The summed E-state index contributed by atoms with van der Waals surface area (Å²) in [7, 11) is 1.39. The highest BCUT2D eigenvalue weighted by Crippen LogP contribution is 2.35. The molecule has 0 unspecified atom stereocenters. The number of aromatic hydroxyl groups is 1. The Hall–Kier alpha value is -1.76. The number of rotatable bonds is 4. The van der Waals surface area contributed by atoms with Gasteiger partial charge in [-0.2, -0.15) is 0 Å². The van der Waals surface area contributed by atoms with Gasteiger partial charge >= 0.3 is 5.97 Å². The number of amides is 1. The number of nitrogens with zero attached hydrogens (tertiary/aromatic N) is 1. The first-order chi connectivity index (χ1) is 10.5. The average molecular weight is 372 g/mol. The Morgan fingerprint density at radius 2 is 1.95 bits per heavy atom. The van der Waals surface area contributed by atoms with Gasteiger partial charge in [-0.3, -0.25) is 4.79 Å². The van der Waals surface area contributed by atoms with Crippen LogP contribution in [0.4, 0.5) is 0 Å². The van der Waals surface area contributed by atoms with Gasteiger partial charge in [0.2, 0.25) is 0 Å². The number of benzene rings is 1. The number of likely N-dealkylation sites (tertiary alicyclic amines) is 1. The molecule has 22 heavy (non-hydrogen) atoms. The van der Waals surface area contributed by atoms with Crippen LogP contribution in [0, 0.1) is 0 Å². The molecule has 1 aliphatic heterocycles. The second-order valence-electron chi connectivity index (χ2n) is 5.03. The quantitative estimate of drug-likeness (QED) is 0.822. The number of phenolic OH excluding ortho intramolecular Hbond substituents is 1. The van der Waals surface area contributed by atoms with Crippen molar-refractivity contribution in [1.29, 1.82) is 0 Å². The maximum absolute atomic E-state index is 12.0. The monoisotopic (exact) mass is 371 g/mol. The van der Waals surface area contributed by atoms with Crippen molar-refractivity contribution >= 4 is 27.8 Å². The summed E-state index contributed by atoms with van der Waals surface area (Å²) in [6.45, 7) is 1.16. The molecule has 1 aliphatic rings. The molecule has 1 heterocycles. The topological polar surface area (TPSA) is 76.1 Å². The fraction of sp³-hybridized carbons (Fsp3) is 0.467. The lowest BCUT2D eigenvalue weighted by molar-refractivity contribution is -0.135. The third kappa shape index (κ3) is 3.91. The maximum Gasteiger partial charge on any atom is 0.338 e. The standard InChI is InChI=1S/C15H18BrNO5/c1-21-12-8-10(7-11(16)14(12)19)15(20)22-9-13(18)17-5-3-2-4-6-17/h7-8,19H,2-6,9H2,1H3. The molecule has 1 N–H and O–H groups in total. The van der Waals surface area contributed by atoms with Crippen LogP contribution in [-0.4, -0.2) is 48.7 Å². The SMILES string of the molecule is COc1cc(C(=O)OCC(=O)N2CCCCC2)cc(Br)c1O. The van der Waals surface area contributed by atoms with E-state index in [9.17, 15) is 14.7 Å². The van der Waals surface area contributed by atoms with Crippen LogP contribution >= 0.6 is 15.9 Å². The van der Waals surface area contributed by atoms with E-state index in [1.165, 1.54) is 19.2 Å². The lowest BCUT2D eigenvalue weighted by Crippen LogP contribution is -2.38. The molecule has 2 rings (SSSR count). The van der Waals surface area contributed by atoms with Crippen LogP contribution in [0.3, 0.4) is 0 Å². The van der Waals surface area contributed by atoms with Crippen molar-refractivity contribution in [3.63, 3.8) is 0 Å². The van der Waals surface area contributed by atoms with E-state index in [0.29, 0.717) is 4.47 Å². The molecule has 1 saturated heterocycles. The minimum Gasteiger partial charge on any atom is -0.503 e. The van der Waals surface area contributed by atoms with Gasteiger partial charge < -0.3 is 19.5 Å². The number of carbonyl (C=O) groups excluding carboxylic acids is 2. The summed E-state index contributed by atoms with van der Waals surface area (Å²) < 4.78 is 10.3. The molecule has 1 aromatic carbocycles. The molecule has 1 aromatic rings. The van der Waals surface area contributed by atoms with Crippen LogP contribution in [0.15, 0.2) is 16.6 Å². The zero-order valence-electron chi connectivity index (χ0n) is 12.3. The van der Waals surface area contributed by atoms with E-state index in [4.69, 9.17) is 9.47 Å². The highest BCUT2D eigenvalue weighted by molar-refractivity contribution is 9.10. The number of hydrogen-bond donors (Lipinski definition) is 1. The maximum atomic E-state index is 12.0. The summed E-state index contributed by atoms with van der Waals surface area (Å²) in [6, 6.07) is 2.79. The minimum atomic E-state index is -0.635. The van der Waals surface area contributed by atoms with Gasteiger partial charge in [-0.15, -0.1) is 0 Å². The van der Waals surface area contributed by atoms with E-state index in [2.05, 4.69) is 15.9 Å². The molecule has 1 fully saturated rings. The van der Waals surface area contributed by atoms with E-state index < -0.39 is 5.97 Å². The molecule has 1 amide bonds. The summed E-state index contributed by atoms with van der Waals surface area (Å²) in [5.41, 5.74) is 0.202. The molecular formula is C15H18BrNO5. The van der Waals surface area contributed by atoms with Crippen molar-refractivity contribution in [3.8, 4) is 11.5 Å². The largest absolute Gasteiger partial charge is 0.503 e. The highest BCUT2D eigenvalue weighted by atomic mass is 79.9. The highest BCUT2D eigenvalue weighted by Gasteiger charge is 2.20. The van der Waals surface area contributed by atoms with Gasteiger partial charge in [0.05, 0.1) is 17.1 Å². The van der Waals surface area contributed by atoms with E-state index in [-0.39, 0.29) is 29.6 Å². The summed E-state index contributed by atoms with van der Waals surface area (Å²) in [5, 5.41) is 9.71. The number of carbonyl (C=O) groups is 2.